The van der Waals surface area contributed by atoms with Crippen molar-refractivity contribution < 1.29 is 9.18 Å². The highest BCUT2D eigenvalue weighted by atomic mass is 32.2. The van der Waals surface area contributed by atoms with Crippen LogP contribution in [0.4, 0.5) is 4.39 Å². The molecule has 142 valence electrons. The van der Waals surface area contributed by atoms with Gasteiger partial charge in [-0.25, -0.2) is 4.39 Å². The van der Waals surface area contributed by atoms with Crippen molar-refractivity contribution in [2.75, 3.05) is 12.3 Å². The summed E-state index contributed by atoms with van der Waals surface area (Å²) in [6, 6.07) is 9.47. The standard InChI is InChI=1S/C23H21FN2OS/c1-2-21(27)26-10-8-15-14(12-26)4-3-5-16(15)22-18(24)6-7-20-23(22)17-13-28-11-9-19(17)25-20/h2-7,25H,1,8-13H2. The number of nitrogens with one attached hydrogen (secondary N) is 1. The lowest BCUT2D eigenvalue weighted by Gasteiger charge is -2.29. The molecule has 2 aliphatic rings. The summed E-state index contributed by atoms with van der Waals surface area (Å²) in [6.07, 6.45) is 3.09. The van der Waals surface area contributed by atoms with Gasteiger partial charge in [0, 0.05) is 41.0 Å². The minimum atomic E-state index is -0.178. The molecule has 3 aromatic rings. The van der Waals surface area contributed by atoms with Crippen LogP contribution in [-0.2, 0) is 29.9 Å². The van der Waals surface area contributed by atoms with Crippen molar-refractivity contribution in [3.05, 3.63) is 71.2 Å². The Balaban J connectivity index is 1.70. The molecule has 5 heteroatoms. The molecule has 2 aliphatic heterocycles. The summed E-state index contributed by atoms with van der Waals surface area (Å²) in [4.78, 5) is 17.3. The van der Waals surface area contributed by atoms with E-state index in [9.17, 15) is 4.79 Å². The maximum atomic E-state index is 15.2. The number of H-pyrrole nitrogens is 1. The number of aromatic nitrogens is 1. The van der Waals surface area contributed by atoms with Crippen LogP contribution in [0.5, 0.6) is 0 Å². The number of benzene rings is 2. The highest BCUT2D eigenvalue weighted by Gasteiger charge is 2.26. The lowest BCUT2D eigenvalue weighted by molar-refractivity contribution is -0.126. The van der Waals surface area contributed by atoms with Crippen LogP contribution in [0.15, 0.2) is 43.0 Å². The monoisotopic (exact) mass is 392 g/mol. The molecule has 28 heavy (non-hydrogen) atoms. The van der Waals surface area contributed by atoms with Crippen molar-refractivity contribution in [2.45, 2.75) is 25.1 Å². The number of hydrogen-bond acceptors (Lipinski definition) is 2. The van der Waals surface area contributed by atoms with Crippen molar-refractivity contribution >= 4 is 28.6 Å². The van der Waals surface area contributed by atoms with Crippen LogP contribution >= 0.6 is 11.8 Å². The summed E-state index contributed by atoms with van der Waals surface area (Å²) in [6.45, 7) is 4.77. The first-order valence-corrected chi connectivity index (χ1v) is 10.7. The molecule has 1 aromatic heterocycles. The van der Waals surface area contributed by atoms with Gasteiger partial charge in [-0.05, 0) is 59.1 Å². The molecule has 1 N–H and O–H groups in total. The Morgan fingerprint density at radius 1 is 1.21 bits per heavy atom. The van der Waals surface area contributed by atoms with E-state index in [4.69, 9.17) is 0 Å². The average molecular weight is 392 g/mol. The molecular formula is C23H21FN2OS. The number of rotatable bonds is 2. The van der Waals surface area contributed by atoms with E-state index in [1.54, 1.807) is 11.0 Å². The molecule has 0 fully saturated rings. The summed E-state index contributed by atoms with van der Waals surface area (Å²) >= 11 is 1.91. The number of hydrogen-bond donors (Lipinski definition) is 1. The second-order valence-corrected chi connectivity index (χ2v) is 8.49. The molecule has 5 rings (SSSR count). The van der Waals surface area contributed by atoms with Crippen molar-refractivity contribution in [1.82, 2.24) is 9.88 Å². The van der Waals surface area contributed by atoms with Crippen LogP contribution in [0.1, 0.15) is 22.4 Å². The molecule has 0 unspecified atom stereocenters. The third-order valence-electron chi connectivity index (χ3n) is 5.87. The van der Waals surface area contributed by atoms with E-state index in [0.29, 0.717) is 18.7 Å². The molecule has 0 radical (unpaired) electrons. The molecule has 3 heterocycles. The molecule has 0 spiro atoms. The summed E-state index contributed by atoms with van der Waals surface area (Å²) in [5.74, 6) is 1.79. The lowest BCUT2D eigenvalue weighted by atomic mass is 9.88. The van der Waals surface area contributed by atoms with Crippen molar-refractivity contribution in [3.63, 3.8) is 0 Å². The van der Waals surface area contributed by atoms with Gasteiger partial charge < -0.3 is 9.88 Å². The van der Waals surface area contributed by atoms with Gasteiger partial charge in [-0.1, -0.05) is 24.8 Å². The van der Waals surface area contributed by atoms with Gasteiger partial charge in [0.05, 0.1) is 0 Å². The highest BCUT2D eigenvalue weighted by molar-refractivity contribution is 7.98. The van der Waals surface area contributed by atoms with E-state index < -0.39 is 0 Å². The van der Waals surface area contributed by atoms with E-state index in [0.717, 1.165) is 51.9 Å². The van der Waals surface area contributed by atoms with Crippen LogP contribution in [0.2, 0.25) is 0 Å². The Labute approximate surface area is 167 Å². The Bertz CT molecular complexity index is 1120. The molecule has 0 atom stereocenters. The maximum Gasteiger partial charge on any atom is 0.246 e. The summed E-state index contributed by atoms with van der Waals surface area (Å²) in [7, 11) is 0. The van der Waals surface area contributed by atoms with E-state index in [-0.39, 0.29) is 11.7 Å². The van der Waals surface area contributed by atoms with Gasteiger partial charge in [-0.15, -0.1) is 0 Å². The number of thioether (sulfide) groups is 1. The first kappa shape index (κ1) is 17.6. The van der Waals surface area contributed by atoms with Crippen LogP contribution in [0.3, 0.4) is 0 Å². The molecule has 0 saturated heterocycles. The minimum Gasteiger partial charge on any atom is -0.358 e. The quantitative estimate of drug-likeness (QED) is 0.634. The van der Waals surface area contributed by atoms with Crippen molar-refractivity contribution in [2.24, 2.45) is 0 Å². The zero-order valence-corrected chi connectivity index (χ0v) is 16.4. The lowest BCUT2D eigenvalue weighted by Crippen LogP contribution is -2.34. The molecule has 0 bridgehead atoms. The molecule has 3 nitrogen and oxygen atoms in total. The second kappa shape index (κ2) is 6.82. The van der Waals surface area contributed by atoms with E-state index >= 15 is 4.39 Å². The fourth-order valence-corrected chi connectivity index (χ4v) is 5.54. The zero-order valence-electron chi connectivity index (χ0n) is 15.6. The van der Waals surface area contributed by atoms with E-state index in [2.05, 4.69) is 11.6 Å². The van der Waals surface area contributed by atoms with Crippen molar-refractivity contribution in [1.29, 1.82) is 0 Å². The Morgan fingerprint density at radius 3 is 2.96 bits per heavy atom. The van der Waals surface area contributed by atoms with Gasteiger partial charge >= 0.3 is 0 Å². The number of carbonyl (C=O) groups is 1. The SMILES string of the molecule is C=CC(=O)N1CCc2c(cccc2-c2c(F)ccc3[nH]c4c(c23)CSCC4)C1. The number of nitrogens with zero attached hydrogens (tertiary/aromatic N) is 1. The molecule has 1 amide bonds. The smallest absolute Gasteiger partial charge is 0.246 e. The van der Waals surface area contributed by atoms with Gasteiger partial charge in [-0.2, -0.15) is 11.8 Å². The summed E-state index contributed by atoms with van der Waals surface area (Å²) in [5.41, 5.74) is 7.42. The highest BCUT2D eigenvalue weighted by Crippen LogP contribution is 2.41. The molecule has 0 saturated carbocycles. The van der Waals surface area contributed by atoms with Crippen LogP contribution < -0.4 is 0 Å². The Hall–Kier alpha value is -2.53. The second-order valence-electron chi connectivity index (χ2n) is 7.39. The van der Waals surface area contributed by atoms with E-state index in [1.807, 2.05) is 36.0 Å². The summed E-state index contributed by atoms with van der Waals surface area (Å²) in [5, 5.41) is 1.03. The minimum absolute atomic E-state index is 0.0546. The molecule has 2 aromatic carbocycles. The maximum absolute atomic E-state index is 15.2. The number of aromatic amines is 1. The predicted octanol–water partition coefficient (Wildman–Crippen LogP) is 4.83. The fourth-order valence-electron chi connectivity index (χ4n) is 4.53. The van der Waals surface area contributed by atoms with Gasteiger partial charge in [-0.3, -0.25) is 4.79 Å². The topological polar surface area (TPSA) is 36.1 Å². The largest absolute Gasteiger partial charge is 0.358 e. The van der Waals surface area contributed by atoms with Crippen LogP contribution in [0.25, 0.3) is 22.0 Å². The summed E-state index contributed by atoms with van der Waals surface area (Å²) < 4.78 is 15.2. The number of aryl methyl sites for hydroxylation is 1. The first-order chi connectivity index (χ1) is 13.7. The van der Waals surface area contributed by atoms with Gasteiger partial charge in [0.2, 0.25) is 5.91 Å². The van der Waals surface area contributed by atoms with Gasteiger partial charge in [0.15, 0.2) is 0 Å². The van der Waals surface area contributed by atoms with Gasteiger partial charge in [0.25, 0.3) is 0 Å². The fraction of sp³-hybridized carbons (Fsp3) is 0.261. The average Bonchev–Trinajstić information content (AvgIpc) is 3.11. The third-order valence-corrected chi connectivity index (χ3v) is 6.86. The Morgan fingerprint density at radius 2 is 2.11 bits per heavy atom. The van der Waals surface area contributed by atoms with Crippen LogP contribution in [0, 0.1) is 5.82 Å². The molecule has 0 aliphatic carbocycles. The number of carbonyl (C=O) groups excluding carboxylic acids is 1. The Kier molecular flexibility index (Phi) is 4.27. The van der Waals surface area contributed by atoms with Gasteiger partial charge in [0.1, 0.15) is 5.82 Å². The number of fused-ring (bicyclic) bond motifs is 4. The predicted molar refractivity (Wildman–Crippen MR) is 113 cm³/mol. The normalized spacial score (nSPS) is 16.0. The number of halogens is 1. The third kappa shape index (κ3) is 2.68. The first-order valence-electron chi connectivity index (χ1n) is 9.59. The number of amides is 1. The zero-order chi connectivity index (χ0) is 19.3. The van der Waals surface area contributed by atoms with Crippen LogP contribution in [-0.4, -0.2) is 28.1 Å². The van der Waals surface area contributed by atoms with Crippen molar-refractivity contribution in [3.8, 4) is 11.1 Å². The molecular weight excluding hydrogens is 371 g/mol. The van der Waals surface area contributed by atoms with E-state index in [1.165, 1.54) is 17.3 Å².